The molecular formula is C21H25Cl2N3O4S. The van der Waals surface area contributed by atoms with Crippen molar-refractivity contribution in [1.82, 2.24) is 10.2 Å². The number of nitrogens with one attached hydrogen (secondary N) is 1. The maximum Gasteiger partial charge on any atom is 0.244 e. The van der Waals surface area contributed by atoms with Crippen LogP contribution in [0.25, 0.3) is 0 Å². The van der Waals surface area contributed by atoms with Crippen molar-refractivity contribution < 1.29 is 18.0 Å². The Kier molecular flexibility index (Phi) is 8.34. The number of likely N-dealkylation sites (N-methyl/N-ethyl adjacent to an activating group) is 1. The van der Waals surface area contributed by atoms with Crippen molar-refractivity contribution in [2.45, 2.75) is 26.4 Å². The van der Waals surface area contributed by atoms with Crippen LogP contribution in [0.3, 0.4) is 0 Å². The molecule has 0 aliphatic heterocycles. The van der Waals surface area contributed by atoms with Crippen LogP contribution < -0.4 is 9.62 Å². The van der Waals surface area contributed by atoms with Crippen molar-refractivity contribution in [3.8, 4) is 0 Å². The minimum Gasteiger partial charge on any atom is -0.357 e. The van der Waals surface area contributed by atoms with Crippen molar-refractivity contribution in [2.75, 3.05) is 24.2 Å². The summed E-state index contributed by atoms with van der Waals surface area (Å²) in [7, 11) is -2.30. The van der Waals surface area contributed by atoms with Crippen LogP contribution in [-0.4, -0.2) is 51.0 Å². The minimum atomic E-state index is -3.76. The highest BCUT2D eigenvalue weighted by Gasteiger charge is 2.30. The van der Waals surface area contributed by atoms with Crippen LogP contribution in [0.2, 0.25) is 10.0 Å². The number of aryl methyl sites for hydroxylation is 1. The van der Waals surface area contributed by atoms with Gasteiger partial charge in [-0.25, -0.2) is 8.42 Å². The van der Waals surface area contributed by atoms with Gasteiger partial charge in [0.15, 0.2) is 0 Å². The molecule has 0 bridgehead atoms. The molecule has 2 rings (SSSR count). The molecule has 2 amide bonds. The molecule has 0 aliphatic carbocycles. The maximum absolute atomic E-state index is 13.3. The van der Waals surface area contributed by atoms with Crippen LogP contribution in [-0.2, 0) is 26.2 Å². The lowest BCUT2D eigenvalue weighted by molar-refractivity contribution is -0.139. The molecule has 168 valence electrons. The highest BCUT2D eigenvalue weighted by molar-refractivity contribution is 7.92. The SMILES string of the molecule is CNC(=O)[C@@H](C)N(Cc1ccc(Cl)cc1Cl)C(=O)CN(c1cccc(C)c1)S(C)(=O)=O. The zero-order valence-electron chi connectivity index (χ0n) is 17.7. The minimum absolute atomic E-state index is 0.00877. The topological polar surface area (TPSA) is 86.8 Å². The fourth-order valence-electron chi connectivity index (χ4n) is 3.02. The third-order valence-corrected chi connectivity index (χ3v) is 6.47. The summed E-state index contributed by atoms with van der Waals surface area (Å²) in [5.74, 6) is -0.936. The van der Waals surface area contributed by atoms with E-state index in [4.69, 9.17) is 23.2 Å². The molecule has 2 aromatic carbocycles. The molecule has 0 heterocycles. The highest BCUT2D eigenvalue weighted by atomic mass is 35.5. The molecule has 31 heavy (non-hydrogen) atoms. The fourth-order valence-corrected chi connectivity index (χ4v) is 4.33. The molecule has 0 fully saturated rings. The molecule has 0 saturated carbocycles. The van der Waals surface area contributed by atoms with Gasteiger partial charge in [0.25, 0.3) is 0 Å². The Balaban J connectivity index is 2.41. The van der Waals surface area contributed by atoms with Crippen molar-refractivity contribution in [3.63, 3.8) is 0 Å². The van der Waals surface area contributed by atoms with Crippen LogP contribution in [0.1, 0.15) is 18.1 Å². The monoisotopic (exact) mass is 485 g/mol. The van der Waals surface area contributed by atoms with Gasteiger partial charge in [0.1, 0.15) is 12.6 Å². The molecule has 1 atom stereocenters. The molecule has 1 N–H and O–H groups in total. The number of sulfonamides is 1. The number of rotatable bonds is 8. The Labute approximate surface area is 193 Å². The Morgan fingerprint density at radius 1 is 1.13 bits per heavy atom. The van der Waals surface area contributed by atoms with E-state index in [1.54, 1.807) is 43.3 Å². The summed E-state index contributed by atoms with van der Waals surface area (Å²) in [5.41, 5.74) is 1.80. The molecule has 0 spiro atoms. The van der Waals surface area contributed by atoms with Crippen molar-refractivity contribution in [3.05, 3.63) is 63.6 Å². The second-order valence-electron chi connectivity index (χ2n) is 7.16. The highest BCUT2D eigenvalue weighted by Crippen LogP contribution is 2.24. The summed E-state index contributed by atoms with van der Waals surface area (Å²) >= 11 is 12.2. The number of nitrogens with zero attached hydrogens (tertiary/aromatic N) is 2. The van der Waals surface area contributed by atoms with E-state index in [0.717, 1.165) is 16.1 Å². The van der Waals surface area contributed by atoms with Crippen LogP contribution >= 0.6 is 23.2 Å². The second kappa shape index (κ2) is 10.3. The molecule has 7 nitrogen and oxygen atoms in total. The van der Waals surface area contributed by atoms with Gasteiger partial charge in [0.2, 0.25) is 21.8 Å². The fraction of sp³-hybridized carbons (Fsp3) is 0.333. The Morgan fingerprint density at radius 3 is 2.35 bits per heavy atom. The molecule has 0 aliphatic rings. The van der Waals surface area contributed by atoms with Gasteiger partial charge in [-0.1, -0.05) is 41.4 Å². The number of amides is 2. The quantitative estimate of drug-likeness (QED) is 0.621. The normalized spacial score (nSPS) is 12.2. The number of anilines is 1. The first-order valence-electron chi connectivity index (χ1n) is 9.43. The van der Waals surface area contributed by atoms with Crippen molar-refractivity contribution in [1.29, 1.82) is 0 Å². The molecule has 10 heteroatoms. The summed E-state index contributed by atoms with van der Waals surface area (Å²) in [6, 6.07) is 10.8. The molecular weight excluding hydrogens is 461 g/mol. The second-order valence-corrected chi connectivity index (χ2v) is 9.91. The Bertz CT molecular complexity index is 1080. The van der Waals surface area contributed by atoms with Crippen LogP contribution in [0.4, 0.5) is 5.69 Å². The molecule has 0 radical (unpaired) electrons. The van der Waals surface area contributed by atoms with Crippen molar-refractivity contribution in [2.24, 2.45) is 0 Å². The number of carbonyl (C=O) groups is 2. The van der Waals surface area contributed by atoms with Gasteiger partial charge < -0.3 is 10.2 Å². The van der Waals surface area contributed by atoms with E-state index in [-0.39, 0.29) is 12.5 Å². The standard InChI is InChI=1S/C21H25Cl2N3O4S/c1-14-6-5-7-18(10-14)26(31(4,29)30)13-20(27)25(15(2)21(28)24-3)12-16-8-9-17(22)11-19(16)23/h5-11,15H,12-13H2,1-4H3,(H,24,28)/t15-/m1/s1. The third-order valence-electron chi connectivity index (χ3n) is 4.74. The van der Waals surface area contributed by atoms with Gasteiger partial charge >= 0.3 is 0 Å². The van der Waals surface area contributed by atoms with E-state index in [2.05, 4.69) is 5.32 Å². The lowest BCUT2D eigenvalue weighted by Gasteiger charge is -2.31. The molecule has 0 unspecified atom stereocenters. The van der Waals surface area contributed by atoms with Gasteiger partial charge in [0.05, 0.1) is 11.9 Å². The van der Waals surface area contributed by atoms with E-state index in [0.29, 0.717) is 21.3 Å². The van der Waals surface area contributed by atoms with Gasteiger partial charge in [-0.3, -0.25) is 13.9 Å². The maximum atomic E-state index is 13.3. The average Bonchev–Trinajstić information content (AvgIpc) is 2.69. The van der Waals surface area contributed by atoms with E-state index >= 15 is 0 Å². The lowest BCUT2D eigenvalue weighted by Crippen LogP contribution is -2.50. The predicted octanol–water partition coefficient (Wildman–Crippen LogP) is 3.23. The summed E-state index contributed by atoms with van der Waals surface area (Å²) in [5, 5.41) is 3.29. The Morgan fingerprint density at radius 2 is 1.81 bits per heavy atom. The zero-order valence-corrected chi connectivity index (χ0v) is 20.1. The number of hydrogen-bond donors (Lipinski definition) is 1. The number of benzene rings is 2. The zero-order chi connectivity index (χ0) is 23.3. The summed E-state index contributed by atoms with van der Waals surface area (Å²) in [6.45, 7) is 2.94. The van der Waals surface area contributed by atoms with E-state index < -0.39 is 28.5 Å². The van der Waals surface area contributed by atoms with Gasteiger partial charge in [-0.2, -0.15) is 0 Å². The number of carbonyl (C=O) groups excluding carboxylic acids is 2. The van der Waals surface area contributed by atoms with E-state index in [1.807, 2.05) is 13.0 Å². The first-order chi connectivity index (χ1) is 14.4. The van der Waals surface area contributed by atoms with Crippen molar-refractivity contribution >= 4 is 50.7 Å². The lowest BCUT2D eigenvalue weighted by atomic mass is 10.1. The largest absolute Gasteiger partial charge is 0.357 e. The van der Waals surface area contributed by atoms with Gasteiger partial charge in [0, 0.05) is 23.6 Å². The third kappa shape index (κ3) is 6.59. The summed E-state index contributed by atoms with van der Waals surface area (Å²) in [6.07, 6.45) is 1.03. The number of hydrogen-bond acceptors (Lipinski definition) is 4. The van der Waals surface area contributed by atoms with Crippen LogP contribution in [0.15, 0.2) is 42.5 Å². The Hall–Kier alpha value is -2.29. The molecule has 2 aromatic rings. The molecule has 0 saturated heterocycles. The van der Waals surface area contributed by atoms with Gasteiger partial charge in [-0.15, -0.1) is 0 Å². The van der Waals surface area contributed by atoms with Crippen LogP contribution in [0.5, 0.6) is 0 Å². The summed E-state index contributed by atoms with van der Waals surface area (Å²) < 4.78 is 25.9. The first-order valence-corrected chi connectivity index (χ1v) is 12.0. The van der Waals surface area contributed by atoms with E-state index in [9.17, 15) is 18.0 Å². The average molecular weight is 486 g/mol. The first kappa shape index (κ1) is 25.0. The van der Waals surface area contributed by atoms with Gasteiger partial charge in [-0.05, 0) is 49.2 Å². The molecule has 0 aromatic heterocycles. The van der Waals surface area contributed by atoms with E-state index in [1.165, 1.54) is 11.9 Å². The number of halogens is 2. The van der Waals surface area contributed by atoms with Crippen LogP contribution in [0, 0.1) is 6.92 Å². The smallest absolute Gasteiger partial charge is 0.244 e. The summed E-state index contributed by atoms with van der Waals surface area (Å²) in [4.78, 5) is 26.9. The predicted molar refractivity (Wildman–Crippen MR) is 124 cm³/mol.